The van der Waals surface area contributed by atoms with Crippen LogP contribution in [-0.4, -0.2) is 35.4 Å². The Morgan fingerprint density at radius 2 is 1.97 bits per heavy atom. The normalized spacial score (nSPS) is 16.5. The molecule has 1 aromatic heterocycles. The molecule has 9 heteroatoms. The molecule has 0 radical (unpaired) electrons. The average molecular weight is 549 g/mol. The zero-order valence-corrected chi connectivity index (χ0v) is 20.9. The number of hydrogen-bond acceptors (Lipinski definition) is 2. The molecule has 5 nitrogen and oxygen atoms in total. The van der Waals surface area contributed by atoms with E-state index >= 15 is 0 Å². The number of aryl methyl sites for hydroxylation is 2. The van der Waals surface area contributed by atoms with Crippen molar-refractivity contribution in [2.45, 2.75) is 57.7 Å². The first-order chi connectivity index (χ1) is 14.1. The van der Waals surface area contributed by atoms with Crippen LogP contribution in [0.4, 0.5) is 13.2 Å². The molecule has 31 heavy (non-hydrogen) atoms. The Hall–Kier alpha value is -1.78. The van der Waals surface area contributed by atoms with E-state index in [0.29, 0.717) is 12.5 Å². The number of nitrogens with one attached hydrogen (secondary N) is 2. The van der Waals surface area contributed by atoms with Crippen molar-refractivity contribution >= 4 is 29.9 Å². The summed E-state index contributed by atoms with van der Waals surface area (Å²) < 4.78 is 41.1. The third-order valence-corrected chi connectivity index (χ3v) is 6.03. The standard InChI is InChI=1S/C22H30F3N5.HI/c1-14(11-19-15(2)29-30(5)16(19)3)28-20(26-4)27-13-21(9-10-21)17-7-6-8-18(12-17)22(23,24)25;/h6-8,12,14H,9-11,13H2,1-5H3,(H2,26,27,28);1H. The Kier molecular flexibility index (Phi) is 8.04. The van der Waals surface area contributed by atoms with E-state index in [-0.39, 0.29) is 35.4 Å². The van der Waals surface area contributed by atoms with Crippen molar-refractivity contribution in [3.63, 3.8) is 0 Å². The van der Waals surface area contributed by atoms with Crippen LogP contribution in [-0.2, 0) is 25.1 Å². The first-order valence-electron chi connectivity index (χ1n) is 10.2. The Balaban J connectivity index is 0.00000341. The highest BCUT2D eigenvalue weighted by Crippen LogP contribution is 2.48. The minimum Gasteiger partial charge on any atom is -0.356 e. The third-order valence-electron chi connectivity index (χ3n) is 6.03. The molecule has 172 valence electrons. The van der Waals surface area contributed by atoms with E-state index in [1.54, 1.807) is 13.1 Å². The van der Waals surface area contributed by atoms with E-state index in [2.05, 4.69) is 34.6 Å². The van der Waals surface area contributed by atoms with Gasteiger partial charge in [-0.15, -0.1) is 24.0 Å². The van der Waals surface area contributed by atoms with Gasteiger partial charge >= 0.3 is 6.18 Å². The predicted molar refractivity (Wildman–Crippen MR) is 128 cm³/mol. The van der Waals surface area contributed by atoms with Gasteiger partial charge in [-0.05, 0) is 57.2 Å². The second-order valence-corrected chi connectivity index (χ2v) is 8.31. The van der Waals surface area contributed by atoms with Crippen molar-refractivity contribution < 1.29 is 13.2 Å². The van der Waals surface area contributed by atoms with Gasteiger partial charge in [0, 0.05) is 37.8 Å². The monoisotopic (exact) mass is 549 g/mol. The minimum atomic E-state index is -4.32. The number of aromatic nitrogens is 2. The molecule has 0 spiro atoms. The highest BCUT2D eigenvalue weighted by Gasteiger charge is 2.45. The van der Waals surface area contributed by atoms with E-state index < -0.39 is 11.7 Å². The molecule has 3 rings (SSSR count). The van der Waals surface area contributed by atoms with Gasteiger partial charge in [-0.1, -0.05) is 18.2 Å². The number of hydrogen-bond donors (Lipinski definition) is 2. The molecule has 1 aromatic carbocycles. The summed E-state index contributed by atoms with van der Waals surface area (Å²) in [5, 5.41) is 11.2. The van der Waals surface area contributed by atoms with Crippen LogP contribution in [0.15, 0.2) is 29.3 Å². The molecule has 1 heterocycles. The number of benzene rings is 1. The number of alkyl halides is 3. The maximum Gasteiger partial charge on any atom is 0.416 e. The van der Waals surface area contributed by atoms with Gasteiger partial charge < -0.3 is 10.6 Å². The molecule has 2 N–H and O–H groups in total. The first kappa shape index (κ1) is 25.5. The largest absolute Gasteiger partial charge is 0.416 e. The van der Waals surface area contributed by atoms with Crippen LogP contribution in [0.3, 0.4) is 0 Å². The maximum absolute atomic E-state index is 13.1. The smallest absolute Gasteiger partial charge is 0.356 e. The van der Waals surface area contributed by atoms with Gasteiger partial charge in [0.15, 0.2) is 5.96 Å². The molecule has 0 aliphatic heterocycles. The molecule has 1 saturated carbocycles. The number of aliphatic imine (C=N–C) groups is 1. The third kappa shape index (κ3) is 5.93. The molecule has 0 amide bonds. The number of rotatable bonds is 6. The van der Waals surface area contributed by atoms with Gasteiger partial charge in [0.05, 0.1) is 11.3 Å². The molecule has 1 unspecified atom stereocenters. The van der Waals surface area contributed by atoms with Crippen molar-refractivity contribution in [1.82, 2.24) is 20.4 Å². The molecule has 1 atom stereocenters. The minimum absolute atomic E-state index is 0. The lowest BCUT2D eigenvalue weighted by atomic mass is 9.94. The maximum atomic E-state index is 13.1. The van der Waals surface area contributed by atoms with Crippen LogP contribution < -0.4 is 10.6 Å². The van der Waals surface area contributed by atoms with Gasteiger partial charge in [-0.2, -0.15) is 18.3 Å². The number of halogens is 4. The van der Waals surface area contributed by atoms with Gasteiger partial charge in [0.25, 0.3) is 0 Å². The number of guanidine groups is 1. The van der Waals surface area contributed by atoms with Gasteiger partial charge in [-0.3, -0.25) is 9.67 Å². The van der Waals surface area contributed by atoms with E-state index in [0.717, 1.165) is 42.3 Å². The van der Waals surface area contributed by atoms with Crippen molar-refractivity contribution in [1.29, 1.82) is 0 Å². The second kappa shape index (κ2) is 9.79. The van der Waals surface area contributed by atoms with Crippen molar-refractivity contribution in [3.05, 3.63) is 52.3 Å². The highest BCUT2D eigenvalue weighted by atomic mass is 127. The summed E-state index contributed by atoms with van der Waals surface area (Å²) in [6.07, 6.45) is -1.79. The van der Waals surface area contributed by atoms with Crippen LogP contribution >= 0.6 is 24.0 Å². The first-order valence-corrected chi connectivity index (χ1v) is 10.2. The van der Waals surface area contributed by atoms with Crippen LogP contribution in [0.2, 0.25) is 0 Å². The lowest BCUT2D eigenvalue weighted by Gasteiger charge is -2.22. The fourth-order valence-electron chi connectivity index (χ4n) is 3.89. The lowest BCUT2D eigenvalue weighted by molar-refractivity contribution is -0.137. The number of nitrogens with zero attached hydrogens (tertiary/aromatic N) is 3. The molecule has 0 bridgehead atoms. The molecule has 1 fully saturated rings. The quantitative estimate of drug-likeness (QED) is 0.317. The van der Waals surface area contributed by atoms with Crippen LogP contribution in [0.1, 0.15) is 47.8 Å². The Labute approximate surface area is 198 Å². The Bertz CT molecular complexity index is 932. The van der Waals surface area contributed by atoms with Crippen LogP contribution in [0, 0.1) is 13.8 Å². The molecule has 1 aliphatic rings. The van der Waals surface area contributed by atoms with Crippen molar-refractivity contribution in [2.24, 2.45) is 12.0 Å². The fraction of sp³-hybridized carbons (Fsp3) is 0.545. The Morgan fingerprint density at radius 3 is 2.48 bits per heavy atom. The van der Waals surface area contributed by atoms with Crippen molar-refractivity contribution in [2.75, 3.05) is 13.6 Å². The van der Waals surface area contributed by atoms with Gasteiger partial charge in [-0.25, -0.2) is 0 Å². The molecule has 2 aromatic rings. The fourth-order valence-corrected chi connectivity index (χ4v) is 3.89. The predicted octanol–water partition coefficient (Wildman–Crippen LogP) is 4.50. The average Bonchev–Trinajstić information content (AvgIpc) is 3.44. The van der Waals surface area contributed by atoms with Crippen molar-refractivity contribution in [3.8, 4) is 0 Å². The summed E-state index contributed by atoms with van der Waals surface area (Å²) in [6.45, 7) is 6.69. The molecular weight excluding hydrogens is 518 g/mol. The van der Waals surface area contributed by atoms with E-state index in [9.17, 15) is 13.2 Å². The lowest BCUT2D eigenvalue weighted by Crippen LogP contribution is -2.45. The highest BCUT2D eigenvalue weighted by molar-refractivity contribution is 14.0. The van der Waals surface area contributed by atoms with E-state index in [4.69, 9.17) is 0 Å². The summed E-state index contributed by atoms with van der Waals surface area (Å²) in [4.78, 5) is 4.29. The summed E-state index contributed by atoms with van der Waals surface area (Å²) in [7, 11) is 3.64. The van der Waals surface area contributed by atoms with Crippen LogP contribution in [0.5, 0.6) is 0 Å². The van der Waals surface area contributed by atoms with E-state index in [1.807, 2.05) is 18.7 Å². The SMILES string of the molecule is CN=C(NCC1(c2cccc(C(F)(F)F)c2)CC1)NC(C)Cc1c(C)nn(C)c1C.I. The van der Waals surface area contributed by atoms with Gasteiger partial charge in [0.2, 0.25) is 0 Å². The molecular formula is C22H31F3IN5. The zero-order chi connectivity index (χ0) is 22.1. The summed E-state index contributed by atoms with van der Waals surface area (Å²) in [6, 6.07) is 5.81. The molecule has 0 saturated heterocycles. The molecule has 1 aliphatic carbocycles. The zero-order valence-electron chi connectivity index (χ0n) is 18.6. The Morgan fingerprint density at radius 1 is 1.29 bits per heavy atom. The van der Waals surface area contributed by atoms with Crippen LogP contribution in [0.25, 0.3) is 0 Å². The summed E-state index contributed by atoms with van der Waals surface area (Å²) in [5.41, 5.74) is 3.26. The summed E-state index contributed by atoms with van der Waals surface area (Å²) >= 11 is 0. The van der Waals surface area contributed by atoms with Gasteiger partial charge in [0.1, 0.15) is 0 Å². The summed E-state index contributed by atoms with van der Waals surface area (Å²) in [5.74, 6) is 0.653. The topological polar surface area (TPSA) is 54.2 Å². The second-order valence-electron chi connectivity index (χ2n) is 8.31. The van der Waals surface area contributed by atoms with E-state index in [1.165, 1.54) is 17.7 Å².